The van der Waals surface area contributed by atoms with E-state index in [0.717, 1.165) is 31.5 Å². The SMILES string of the molecule is O=C1COC2CCN(C(=O)N3CC(c4ccc(N5CCCC5C5CC5)cc4)C3)CC2N1. The summed E-state index contributed by atoms with van der Waals surface area (Å²) in [6, 6.07) is 9.89. The van der Waals surface area contributed by atoms with Crippen LogP contribution in [0.15, 0.2) is 24.3 Å². The third-order valence-electron chi connectivity index (χ3n) is 7.91. The molecule has 3 atom stereocenters. The molecule has 1 N–H and O–H groups in total. The van der Waals surface area contributed by atoms with Crippen LogP contribution >= 0.6 is 0 Å². The molecule has 7 heteroatoms. The van der Waals surface area contributed by atoms with E-state index < -0.39 is 0 Å². The molecular weight excluding hydrogens is 392 g/mol. The molecule has 0 spiro atoms. The molecule has 6 rings (SSSR count). The van der Waals surface area contributed by atoms with Crippen molar-refractivity contribution in [2.24, 2.45) is 5.92 Å². The molecule has 4 heterocycles. The Balaban J connectivity index is 1.03. The first-order valence-corrected chi connectivity index (χ1v) is 12.0. The highest BCUT2D eigenvalue weighted by Crippen LogP contribution is 2.42. The molecule has 5 aliphatic rings. The van der Waals surface area contributed by atoms with Gasteiger partial charge in [-0.1, -0.05) is 12.1 Å². The smallest absolute Gasteiger partial charge is 0.320 e. The molecule has 5 fully saturated rings. The van der Waals surface area contributed by atoms with Gasteiger partial charge in [-0.25, -0.2) is 4.79 Å². The van der Waals surface area contributed by atoms with E-state index in [2.05, 4.69) is 34.5 Å². The Labute approximate surface area is 183 Å². The highest BCUT2D eigenvalue weighted by atomic mass is 16.5. The molecule has 0 radical (unpaired) electrons. The molecule has 3 unspecified atom stereocenters. The van der Waals surface area contributed by atoms with E-state index in [1.54, 1.807) is 0 Å². The minimum atomic E-state index is -0.0830. The summed E-state index contributed by atoms with van der Waals surface area (Å²) >= 11 is 0. The predicted molar refractivity (Wildman–Crippen MR) is 117 cm³/mol. The van der Waals surface area contributed by atoms with E-state index in [0.29, 0.717) is 19.0 Å². The van der Waals surface area contributed by atoms with Crippen LogP contribution in [0.1, 0.15) is 43.6 Å². The van der Waals surface area contributed by atoms with Crippen LogP contribution in [-0.2, 0) is 9.53 Å². The number of benzene rings is 1. The highest BCUT2D eigenvalue weighted by molar-refractivity contribution is 5.79. The lowest BCUT2D eigenvalue weighted by atomic mass is 9.91. The van der Waals surface area contributed by atoms with Crippen LogP contribution in [0.2, 0.25) is 0 Å². The zero-order chi connectivity index (χ0) is 20.9. The average Bonchev–Trinajstić information content (AvgIpc) is 3.49. The van der Waals surface area contributed by atoms with E-state index in [4.69, 9.17) is 4.74 Å². The predicted octanol–water partition coefficient (Wildman–Crippen LogP) is 2.17. The number of carbonyl (C=O) groups excluding carboxylic acids is 2. The Hall–Kier alpha value is -2.28. The van der Waals surface area contributed by atoms with Gasteiger partial charge in [0.15, 0.2) is 0 Å². The number of amides is 3. The molecule has 4 aliphatic heterocycles. The van der Waals surface area contributed by atoms with E-state index in [1.165, 1.54) is 43.5 Å². The summed E-state index contributed by atoms with van der Waals surface area (Å²) in [6.07, 6.45) is 6.30. The number of fused-ring (bicyclic) bond motifs is 1. The molecule has 7 nitrogen and oxygen atoms in total. The van der Waals surface area contributed by atoms with Crippen molar-refractivity contribution in [3.05, 3.63) is 29.8 Å². The van der Waals surface area contributed by atoms with Gasteiger partial charge in [0.25, 0.3) is 0 Å². The van der Waals surface area contributed by atoms with Gasteiger partial charge < -0.3 is 24.8 Å². The molecule has 1 saturated carbocycles. The Bertz CT molecular complexity index is 849. The van der Waals surface area contributed by atoms with Gasteiger partial charge in [-0.3, -0.25) is 4.79 Å². The molecular formula is C24H32N4O3. The monoisotopic (exact) mass is 424 g/mol. The van der Waals surface area contributed by atoms with Crippen LogP contribution < -0.4 is 10.2 Å². The maximum absolute atomic E-state index is 12.9. The maximum Gasteiger partial charge on any atom is 0.320 e. The van der Waals surface area contributed by atoms with Gasteiger partial charge in [-0.05, 0) is 55.7 Å². The summed E-state index contributed by atoms with van der Waals surface area (Å²) in [7, 11) is 0. The van der Waals surface area contributed by atoms with Crippen molar-refractivity contribution in [3.8, 4) is 0 Å². The first-order valence-electron chi connectivity index (χ1n) is 12.0. The zero-order valence-electron chi connectivity index (χ0n) is 18.0. The quantitative estimate of drug-likeness (QED) is 0.808. The van der Waals surface area contributed by atoms with Gasteiger partial charge >= 0.3 is 6.03 Å². The molecule has 0 bridgehead atoms. The molecule has 31 heavy (non-hydrogen) atoms. The number of urea groups is 1. The van der Waals surface area contributed by atoms with Crippen molar-refractivity contribution >= 4 is 17.6 Å². The Morgan fingerprint density at radius 2 is 1.77 bits per heavy atom. The number of hydrogen-bond acceptors (Lipinski definition) is 4. The fraction of sp³-hybridized carbons (Fsp3) is 0.667. The van der Waals surface area contributed by atoms with Gasteiger partial charge in [-0.15, -0.1) is 0 Å². The second-order valence-corrected chi connectivity index (χ2v) is 9.97. The van der Waals surface area contributed by atoms with Crippen LogP contribution in [0.4, 0.5) is 10.5 Å². The van der Waals surface area contributed by atoms with Gasteiger partial charge in [0.05, 0.1) is 12.1 Å². The maximum atomic E-state index is 12.9. The van der Waals surface area contributed by atoms with Crippen LogP contribution in [0.5, 0.6) is 0 Å². The minimum absolute atomic E-state index is 0.0412. The number of anilines is 1. The standard InChI is InChI=1S/C24H32N4O3/c29-23-15-31-22-9-11-26(14-20(22)25-23)24(30)27-12-18(13-27)16-5-7-19(8-6-16)28-10-1-2-21(28)17-3-4-17/h5-8,17-18,20-22H,1-4,9-15H2,(H,25,29). The summed E-state index contributed by atoms with van der Waals surface area (Å²) in [5.74, 6) is 1.26. The van der Waals surface area contributed by atoms with Crippen LogP contribution in [0.25, 0.3) is 0 Å². The first kappa shape index (κ1) is 19.4. The summed E-state index contributed by atoms with van der Waals surface area (Å²) in [5.41, 5.74) is 2.70. The Morgan fingerprint density at radius 3 is 2.55 bits per heavy atom. The lowest BCUT2D eigenvalue weighted by Gasteiger charge is -2.46. The topological polar surface area (TPSA) is 65.1 Å². The fourth-order valence-electron chi connectivity index (χ4n) is 5.94. The molecule has 3 amide bonds. The molecule has 1 aliphatic carbocycles. The lowest BCUT2D eigenvalue weighted by Crippen LogP contribution is -2.63. The second kappa shape index (κ2) is 7.69. The number of likely N-dealkylation sites (tertiary alicyclic amines) is 2. The third-order valence-corrected chi connectivity index (χ3v) is 7.91. The van der Waals surface area contributed by atoms with E-state index in [9.17, 15) is 9.59 Å². The van der Waals surface area contributed by atoms with Crippen LogP contribution in [0, 0.1) is 5.92 Å². The average molecular weight is 425 g/mol. The molecule has 4 saturated heterocycles. The number of nitrogens with zero attached hydrogens (tertiary/aromatic N) is 3. The van der Waals surface area contributed by atoms with Crippen molar-refractivity contribution < 1.29 is 14.3 Å². The third kappa shape index (κ3) is 3.67. The molecule has 1 aromatic carbocycles. The Morgan fingerprint density at radius 1 is 0.968 bits per heavy atom. The van der Waals surface area contributed by atoms with E-state index in [-0.39, 0.29) is 30.7 Å². The number of rotatable bonds is 3. The molecule has 1 aromatic rings. The van der Waals surface area contributed by atoms with Crippen LogP contribution in [0.3, 0.4) is 0 Å². The highest BCUT2D eigenvalue weighted by Gasteiger charge is 2.41. The van der Waals surface area contributed by atoms with Crippen molar-refractivity contribution in [1.82, 2.24) is 15.1 Å². The number of nitrogens with one attached hydrogen (secondary N) is 1. The van der Waals surface area contributed by atoms with Gasteiger partial charge in [-0.2, -0.15) is 0 Å². The lowest BCUT2D eigenvalue weighted by molar-refractivity contribution is -0.139. The zero-order valence-corrected chi connectivity index (χ0v) is 18.0. The molecule has 0 aromatic heterocycles. The largest absolute Gasteiger partial charge is 0.368 e. The number of ether oxygens (including phenoxy) is 1. The number of piperidine rings is 1. The van der Waals surface area contributed by atoms with E-state index >= 15 is 0 Å². The van der Waals surface area contributed by atoms with Crippen LogP contribution in [-0.4, -0.2) is 79.3 Å². The van der Waals surface area contributed by atoms with Crippen molar-refractivity contribution in [2.75, 3.05) is 44.2 Å². The first-order chi connectivity index (χ1) is 15.2. The Kier molecular flexibility index (Phi) is 4.82. The summed E-state index contributed by atoms with van der Waals surface area (Å²) in [4.78, 5) is 31.0. The van der Waals surface area contributed by atoms with Crippen molar-refractivity contribution in [1.29, 1.82) is 0 Å². The summed E-state index contributed by atoms with van der Waals surface area (Å²) in [6.45, 7) is 4.13. The van der Waals surface area contributed by atoms with Gasteiger partial charge in [0.2, 0.25) is 5.91 Å². The van der Waals surface area contributed by atoms with Crippen molar-refractivity contribution in [2.45, 2.75) is 56.2 Å². The number of hydrogen-bond donors (Lipinski definition) is 1. The van der Waals surface area contributed by atoms with E-state index in [1.807, 2.05) is 9.80 Å². The summed E-state index contributed by atoms with van der Waals surface area (Å²) in [5, 5.41) is 2.97. The number of morpholine rings is 1. The van der Waals surface area contributed by atoms with Gasteiger partial charge in [0, 0.05) is 50.4 Å². The molecule has 166 valence electrons. The minimum Gasteiger partial charge on any atom is -0.368 e. The van der Waals surface area contributed by atoms with Gasteiger partial charge in [0.1, 0.15) is 6.61 Å². The van der Waals surface area contributed by atoms with Crippen molar-refractivity contribution in [3.63, 3.8) is 0 Å². The normalized spacial score (nSPS) is 31.3. The number of carbonyl (C=O) groups is 2. The summed E-state index contributed by atoms with van der Waals surface area (Å²) < 4.78 is 5.60. The second-order valence-electron chi connectivity index (χ2n) is 9.97. The fourth-order valence-corrected chi connectivity index (χ4v) is 5.94.